The number of rotatable bonds is 6. The van der Waals surface area contributed by atoms with Gasteiger partial charge in [-0.15, -0.1) is 0 Å². The third-order valence-electron chi connectivity index (χ3n) is 5.00. The number of allylic oxidation sites excluding steroid dienone is 6. The highest BCUT2D eigenvalue weighted by Crippen LogP contribution is 2.45. The molecule has 1 aromatic heterocycles. The number of hydrogen-bond acceptors (Lipinski definition) is 5. The zero-order chi connectivity index (χ0) is 25.6. The minimum Gasteiger partial charge on any atom is -0.377 e. The van der Waals surface area contributed by atoms with Crippen LogP contribution >= 0.6 is 0 Å². The lowest BCUT2D eigenvalue weighted by molar-refractivity contribution is -0.203. The van der Waals surface area contributed by atoms with E-state index in [0.29, 0.717) is 29.1 Å². The molecule has 1 aliphatic rings. The standard InChI is InChI=1S/C24H20F5N5O/c25-18-4-2-1-3-16(11-18)5-6-17-7-10-22(32-13-17)24(28,29)23(35,14-34(31)15-33-30)20-9-8-19(26)12-21(20)27/h2-4,7-13,15,35H,1,14,30-31H2/b33-15-. The van der Waals surface area contributed by atoms with Gasteiger partial charge in [-0.1, -0.05) is 24.0 Å². The Bertz CT molecular complexity index is 1260. The van der Waals surface area contributed by atoms with E-state index < -0.39 is 46.8 Å². The summed E-state index contributed by atoms with van der Waals surface area (Å²) in [5.74, 6) is 8.79. The molecule has 3 rings (SSSR count). The Morgan fingerprint density at radius 1 is 1.17 bits per heavy atom. The highest BCUT2D eigenvalue weighted by atomic mass is 19.3. The Balaban J connectivity index is 1.98. The molecule has 2 aromatic rings. The fraction of sp³-hybridized carbons (Fsp3) is 0.167. The second-order valence-electron chi connectivity index (χ2n) is 7.50. The van der Waals surface area contributed by atoms with E-state index in [-0.39, 0.29) is 5.56 Å². The zero-order valence-electron chi connectivity index (χ0n) is 18.1. The van der Waals surface area contributed by atoms with Crippen molar-refractivity contribution in [1.82, 2.24) is 9.99 Å². The number of hydrogen-bond donors (Lipinski definition) is 3. The fourth-order valence-corrected chi connectivity index (χ4v) is 3.30. The molecule has 35 heavy (non-hydrogen) atoms. The fourth-order valence-electron chi connectivity index (χ4n) is 3.30. The lowest BCUT2D eigenvalue weighted by Gasteiger charge is -2.37. The summed E-state index contributed by atoms with van der Waals surface area (Å²) in [6, 6.07) is 3.87. The van der Waals surface area contributed by atoms with Crippen molar-refractivity contribution < 1.29 is 27.1 Å². The van der Waals surface area contributed by atoms with Crippen LogP contribution in [0.4, 0.5) is 22.0 Å². The Labute approximate surface area is 197 Å². The van der Waals surface area contributed by atoms with Crippen LogP contribution < -0.4 is 11.7 Å². The van der Waals surface area contributed by atoms with Crippen molar-refractivity contribution in [2.75, 3.05) is 6.54 Å². The number of hydrazine groups is 1. The smallest absolute Gasteiger partial charge is 0.323 e. The van der Waals surface area contributed by atoms with Gasteiger partial charge < -0.3 is 10.9 Å². The van der Waals surface area contributed by atoms with Gasteiger partial charge in [-0.3, -0.25) is 9.99 Å². The lowest BCUT2D eigenvalue weighted by Crippen LogP contribution is -2.53. The zero-order valence-corrected chi connectivity index (χ0v) is 18.1. The number of benzene rings is 1. The van der Waals surface area contributed by atoms with Gasteiger partial charge in [0.15, 0.2) is 5.60 Å². The maximum absolute atomic E-state index is 15.6. The normalized spacial score (nSPS) is 15.5. The van der Waals surface area contributed by atoms with Crippen molar-refractivity contribution in [1.29, 1.82) is 0 Å². The SMILES string of the molecule is N/N=C\N(N)CC(O)(c1ccc(F)cc1F)C(F)(F)c1ccc(C#CC2=CCC=CC(F)=C2)cn1. The second-order valence-corrected chi connectivity index (χ2v) is 7.50. The van der Waals surface area contributed by atoms with Crippen molar-refractivity contribution >= 4 is 6.34 Å². The molecule has 0 spiro atoms. The van der Waals surface area contributed by atoms with Gasteiger partial charge in [0, 0.05) is 29.0 Å². The predicted octanol–water partition coefficient (Wildman–Crippen LogP) is 3.51. The molecule has 0 amide bonds. The van der Waals surface area contributed by atoms with Crippen molar-refractivity contribution in [3.05, 3.63) is 101 Å². The first-order valence-corrected chi connectivity index (χ1v) is 10.1. The molecule has 0 bridgehead atoms. The molecular formula is C24H20F5N5O. The molecule has 0 saturated heterocycles. The summed E-state index contributed by atoms with van der Waals surface area (Å²) in [4.78, 5) is 3.69. The molecule has 0 fully saturated rings. The molecule has 1 heterocycles. The number of nitrogens with zero attached hydrogens (tertiary/aromatic N) is 3. The minimum atomic E-state index is -4.22. The summed E-state index contributed by atoms with van der Waals surface area (Å²) < 4.78 is 72.7. The quantitative estimate of drug-likeness (QED) is 0.144. The first-order valence-electron chi connectivity index (χ1n) is 10.1. The maximum Gasteiger partial charge on any atom is 0.323 e. The summed E-state index contributed by atoms with van der Waals surface area (Å²) in [7, 11) is 0. The van der Waals surface area contributed by atoms with Crippen LogP contribution in [0.5, 0.6) is 0 Å². The molecule has 5 N–H and O–H groups in total. The Morgan fingerprint density at radius 2 is 1.94 bits per heavy atom. The number of halogens is 5. The monoisotopic (exact) mass is 489 g/mol. The van der Waals surface area contributed by atoms with Gasteiger partial charge >= 0.3 is 5.92 Å². The van der Waals surface area contributed by atoms with Gasteiger partial charge in [0.1, 0.15) is 29.5 Å². The molecule has 1 unspecified atom stereocenters. The molecule has 1 atom stereocenters. The van der Waals surface area contributed by atoms with E-state index in [1.54, 1.807) is 12.2 Å². The third kappa shape index (κ3) is 5.74. The maximum atomic E-state index is 15.6. The van der Waals surface area contributed by atoms with E-state index in [1.807, 2.05) is 0 Å². The van der Waals surface area contributed by atoms with Gasteiger partial charge in [-0.2, -0.15) is 13.9 Å². The Morgan fingerprint density at radius 3 is 2.60 bits per heavy atom. The van der Waals surface area contributed by atoms with Gasteiger partial charge in [0.05, 0.1) is 6.54 Å². The molecule has 1 aliphatic carbocycles. The van der Waals surface area contributed by atoms with Gasteiger partial charge in [0.2, 0.25) is 0 Å². The van der Waals surface area contributed by atoms with E-state index in [2.05, 4.69) is 21.9 Å². The van der Waals surface area contributed by atoms with Crippen LogP contribution in [0, 0.1) is 23.5 Å². The number of aromatic nitrogens is 1. The minimum absolute atomic E-state index is 0.226. The van der Waals surface area contributed by atoms with Crippen LogP contribution in [0.3, 0.4) is 0 Å². The number of hydrazone groups is 1. The Kier molecular flexibility index (Phi) is 7.68. The predicted molar refractivity (Wildman–Crippen MR) is 120 cm³/mol. The van der Waals surface area contributed by atoms with Crippen molar-refractivity contribution in [3.8, 4) is 11.8 Å². The first kappa shape index (κ1) is 25.6. The highest BCUT2D eigenvalue weighted by Gasteiger charge is 2.58. The molecule has 0 radical (unpaired) electrons. The Hall–Kier alpha value is -4.01. The molecule has 1 aromatic carbocycles. The van der Waals surface area contributed by atoms with Crippen molar-refractivity contribution in [2.45, 2.75) is 17.9 Å². The summed E-state index contributed by atoms with van der Waals surface area (Å²) in [5, 5.41) is 14.7. The number of alkyl halides is 2. The van der Waals surface area contributed by atoms with Gasteiger partial charge in [-0.05, 0) is 42.8 Å². The molecule has 0 aliphatic heterocycles. The van der Waals surface area contributed by atoms with Crippen LogP contribution in [0.1, 0.15) is 23.2 Å². The van der Waals surface area contributed by atoms with Crippen LogP contribution in [0.15, 0.2) is 77.3 Å². The van der Waals surface area contributed by atoms with E-state index in [0.717, 1.165) is 24.7 Å². The summed E-state index contributed by atoms with van der Waals surface area (Å²) in [5.41, 5.74) is -4.53. The van der Waals surface area contributed by atoms with E-state index in [9.17, 15) is 18.3 Å². The summed E-state index contributed by atoms with van der Waals surface area (Å²) >= 11 is 0. The summed E-state index contributed by atoms with van der Waals surface area (Å²) in [6.45, 7) is -1.08. The van der Waals surface area contributed by atoms with Gasteiger partial charge in [0.25, 0.3) is 0 Å². The third-order valence-corrected chi connectivity index (χ3v) is 5.00. The van der Waals surface area contributed by atoms with E-state index >= 15 is 8.78 Å². The number of nitrogens with two attached hydrogens (primary N) is 2. The van der Waals surface area contributed by atoms with Gasteiger partial charge in [-0.25, -0.2) is 19.0 Å². The first-order chi connectivity index (χ1) is 16.6. The van der Waals surface area contributed by atoms with E-state index in [1.165, 1.54) is 18.2 Å². The number of aliphatic hydroxyl groups is 1. The van der Waals surface area contributed by atoms with Crippen LogP contribution in [-0.2, 0) is 11.5 Å². The average molecular weight is 489 g/mol. The highest BCUT2D eigenvalue weighted by molar-refractivity contribution is 5.54. The van der Waals surface area contributed by atoms with Crippen LogP contribution in [-0.4, -0.2) is 28.0 Å². The molecule has 182 valence electrons. The summed E-state index contributed by atoms with van der Waals surface area (Å²) in [6.07, 6.45) is 8.07. The largest absolute Gasteiger partial charge is 0.377 e. The number of pyridine rings is 1. The molecule has 0 saturated carbocycles. The topological polar surface area (TPSA) is 101 Å². The molecule has 6 nitrogen and oxygen atoms in total. The van der Waals surface area contributed by atoms with E-state index in [4.69, 9.17) is 11.7 Å². The molecular weight excluding hydrogens is 469 g/mol. The second kappa shape index (κ2) is 10.5. The lowest BCUT2D eigenvalue weighted by atomic mass is 9.84. The average Bonchev–Trinajstić information content (AvgIpc) is 3.01. The van der Waals surface area contributed by atoms with Crippen molar-refractivity contribution in [3.63, 3.8) is 0 Å². The van der Waals surface area contributed by atoms with Crippen LogP contribution in [0.2, 0.25) is 0 Å². The molecule has 11 heteroatoms. The van der Waals surface area contributed by atoms with Crippen LogP contribution in [0.25, 0.3) is 0 Å². The van der Waals surface area contributed by atoms with Crippen molar-refractivity contribution in [2.24, 2.45) is 16.8 Å².